The van der Waals surface area contributed by atoms with Crippen LogP contribution < -0.4 is 5.43 Å². The molecular formula is C14H15N3O. The molecule has 92 valence electrons. The number of carbonyl (C=O) groups excluding carboxylic acids is 1. The minimum atomic E-state index is -0.239. The molecule has 1 aromatic carbocycles. The highest BCUT2D eigenvalue weighted by atomic mass is 16.2. The Hall–Kier alpha value is -2.36. The maximum Gasteiger partial charge on any atom is 0.287 e. The maximum absolute atomic E-state index is 11.6. The Balaban J connectivity index is 1.90. The second-order valence-electron chi connectivity index (χ2n) is 4.00. The number of aromatic nitrogens is 1. The molecule has 0 bridgehead atoms. The van der Waals surface area contributed by atoms with E-state index in [1.165, 1.54) is 0 Å². The van der Waals surface area contributed by atoms with Gasteiger partial charge in [0.2, 0.25) is 0 Å². The van der Waals surface area contributed by atoms with Crippen LogP contribution in [0.5, 0.6) is 0 Å². The highest BCUT2D eigenvalue weighted by molar-refractivity contribution is 5.92. The van der Waals surface area contributed by atoms with Gasteiger partial charge in [-0.25, -0.2) is 5.43 Å². The van der Waals surface area contributed by atoms with E-state index in [-0.39, 0.29) is 11.8 Å². The Bertz CT molecular complexity index is 517. The van der Waals surface area contributed by atoms with Gasteiger partial charge in [0.05, 0.1) is 0 Å². The molecule has 0 saturated heterocycles. The van der Waals surface area contributed by atoms with Crippen molar-refractivity contribution in [3.05, 3.63) is 59.9 Å². The number of nitrogens with zero attached hydrogens (tertiary/aromatic N) is 1. The SMILES string of the molecule is C[C@H](/C=N\NC(=O)c1ccc[nH]1)c1ccccc1. The summed E-state index contributed by atoms with van der Waals surface area (Å²) in [6.07, 6.45) is 3.42. The zero-order valence-corrected chi connectivity index (χ0v) is 10.1. The number of carbonyl (C=O) groups is 1. The number of benzene rings is 1. The minimum absolute atomic E-state index is 0.162. The monoisotopic (exact) mass is 241 g/mol. The Morgan fingerprint density at radius 3 is 2.72 bits per heavy atom. The molecule has 1 aromatic heterocycles. The number of H-pyrrole nitrogens is 1. The normalized spacial score (nSPS) is 12.5. The smallest absolute Gasteiger partial charge is 0.287 e. The van der Waals surface area contributed by atoms with Crippen molar-refractivity contribution in [1.82, 2.24) is 10.4 Å². The summed E-state index contributed by atoms with van der Waals surface area (Å²) in [5, 5.41) is 3.96. The molecule has 0 unspecified atom stereocenters. The predicted octanol–water partition coefficient (Wildman–Crippen LogP) is 2.53. The van der Waals surface area contributed by atoms with E-state index in [1.54, 1.807) is 24.5 Å². The van der Waals surface area contributed by atoms with E-state index in [9.17, 15) is 4.79 Å². The van der Waals surface area contributed by atoms with Gasteiger partial charge in [-0.15, -0.1) is 0 Å². The van der Waals surface area contributed by atoms with Crippen molar-refractivity contribution < 1.29 is 4.79 Å². The standard InChI is InChI=1S/C14H15N3O/c1-11(12-6-3-2-4-7-12)10-16-17-14(18)13-8-5-9-15-13/h2-11,15H,1H3,(H,17,18)/b16-10-/t11-/m1/s1. The first kappa shape index (κ1) is 12.1. The fourth-order valence-electron chi connectivity index (χ4n) is 1.58. The lowest BCUT2D eigenvalue weighted by Crippen LogP contribution is -2.18. The Labute approximate surface area is 106 Å². The van der Waals surface area contributed by atoms with Gasteiger partial charge in [0.1, 0.15) is 5.69 Å². The van der Waals surface area contributed by atoms with E-state index in [0.29, 0.717) is 5.69 Å². The van der Waals surface area contributed by atoms with Crippen LogP contribution in [0.3, 0.4) is 0 Å². The predicted molar refractivity (Wildman–Crippen MR) is 71.6 cm³/mol. The molecule has 1 amide bonds. The van der Waals surface area contributed by atoms with Crippen LogP contribution in [0, 0.1) is 0 Å². The molecule has 0 spiro atoms. The fourth-order valence-corrected chi connectivity index (χ4v) is 1.58. The van der Waals surface area contributed by atoms with E-state index in [4.69, 9.17) is 0 Å². The van der Waals surface area contributed by atoms with Crippen molar-refractivity contribution in [2.45, 2.75) is 12.8 Å². The van der Waals surface area contributed by atoms with Crippen LogP contribution in [0.15, 0.2) is 53.8 Å². The number of hydrazone groups is 1. The molecule has 0 radical (unpaired) electrons. The Kier molecular flexibility index (Phi) is 3.91. The van der Waals surface area contributed by atoms with Crippen LogP contribution in [0.2, 0.25) is 0 Å². The molecule has 0 saturated carbocycles. The molecule has 4 nitrogen and oxygen atoms in total. The lowest BCUT2D eigenvalue weighted by molar-refractivity contribution is 0.0950. The molecule has 0 aliphatic rings. The summed E-state index contributed by atoms with van der Waals surface area (Å²) in [4.78, 5) is 14.4. The lowest BCUT2D eigenvalue weighted by atomic mass is 10.0. The van der Waals surface area contributed by atoms with Crippen LogP contribution in [-0.2, 0) is 0 Å². The average molecular weight is 241 g/mol. The topological polar surface area (TPSA) is 57.2 Å². The molecule has 18 heavy (non-hydrogen) atoms. The van der Waals surface area contributed by atoms with Crippen LogP contribution >= 0.6 is 0 Å². The minimum Gasteiger partial charge on any atom is -0.357 e. The first-order valence-corrected chi connectivity index (χ1v) is 5.79. The third-order valence-corrected chi connectivity index (χ3v) is 2.63. The number of hydrogen-bond acceptors (Lipinski definition) is 2. The van der Waals surface area contributed by atoms with Crippen molar-refractivity contribution in [2.24, 2.45) is 5.10 Å². The van der Waals surface area contributed by atoms with E-state index < -0.39 is 0 Å². The van der Waals surface area contributed by atoms with E-state index in [1.807, 2.05) is 37.3 Å². The summed E-state index contributed by atoms with van der Waals surface area (Å²) in [5.41, 5.74) is 4.15. The number of rotatable bonds is 4. The van der Waals surface area contributed by atoms with Crippen molar-refractivity contribution in [2.75, 3.05) is 0 Å². The van der Waals surface area contributed by atoms with Gasteiger partial charge in [-0.1, -0.05) is 37.3 Å². The van der Waals surface area contributed by atoms with Gasteiger partial charge in [0, 0.05) is 18.3 Å². The largest absolute Gasteiger partial charge is 0.357 e. The molecule has 2 rings (SSSR count). The molecule has 2 N–H and O–H groups in total. The van der Waals surface area contributed by atoms with E-state index in [0.717, 1.165) is 5.56 Å². The number of aromatic amines is 1. The van der Waals surface area contributed by atoms with Gasteiger partial charge in [-0.05, 0) is 17.7 Å². The highest BCUT2D eigenvalue weighted by Crippen LogP contribution is 2.11. The first-order valence-electron chi connectivity index (χ1n) is 5.79. The lowest BCUT2D eigenvalue weighted by Gasteiger charge is -2.05. The molecular weight excluding hydrogens is 226 g/mol. The zero-order chi connectivity index (χ0) is 12.8. The summed E-state index contributed by atoms with van der Waals surface area (Å²) < 4.78 is 0. The summed E-state index contributed by atoms with van der Waals surface area (Å²) in [5.74, 6) is -0.0772. The highest BCUT2D eigenvalue weighted by Gasteiger charge is 2.04. The third kappa shape index (κ3) is 3.07. The molecule has 2 aromatic rings. The fraction of sp³-hybridized carbons (Fsp3) is 0.143. The molecule has 0 fully saturated rings. The number of hydrogen-bond donors (Lipinski definition) is 2. The average Bonchev–Trinajstić information content (AvgIpc) is 2.93. The van der Waals surface area contributed by atoms with Gasteiger partial charge < -0.3 is 4.98 Å². The van der Waals surface area contributed by atoms with E-state index in [2.05, 4.69) is 15.5 Å². The van der Waals surface area contributed by atoms with Crippen LogP contribution in [0.4, 0.5) is 0 Å². The second kappa shape index (κ2) is 5.82. The van der Waals surface area contributed by atoms with Gasteiger partial charge in [-0.2, -0.15) is 5.10 Å². The Morgan fingerprint density at radius 1 is 1.28 bits per heavy atom. The summed E-state index contributed by atoms with van der Waals surface area (Å²) in [7, 11) is 0. The van der Waals surface area contributed by atoms with Gasteiger partial charge >= 0.3 is 0 Å². The number of nitrogens with one attached hydrogen (secondary N) is 2. The zero-order valence-electron chi connectivity index (χ0n) is 10.1. The van der Waals surface area contributed by atoms with Crippen molar-refractivity contribution in [1.29, 1.82) is 0 Å². The molecule has 4 heteroatoms. The first-order chi connectivity index (χ1) is 8.77. The summed E-state index contributed by atoms with van der Waals surface area (Å²) in [6.45, 7) is 2.03. The van der Waals surface area contributed by atoms with Crippen molar-refractivity contribution >= 4 is 12.1 Å². The molecule has 0 aliphatic carbocycles. The van der Waals surface area contributed by atoms with Crippen LogP contribution in [0.1, 0.15) is 28.9 Å². The number of amides is 1. The second-order valence-corrected chi connectivity index (χ2v) is 4.00. The van der Waals surface area contributed by atoms with Crippen LogP contribution in [0.25, 0.3) is 0 Å². The maximum atomic E-state index is 11.6. The van der Waals surface area contributed by atoms with E-state index >= 15 is 0 Å². The third-order valence-electron chi connectivity index (χ3n) is 2.63. The quantitative estimate of drug-likeness (QED) is 0.627. The summed E-state index contributed by atoms with van der Waals surface area (Å²) in [6, 6.07) is 13.5. The van der Waals surface area contributed by atoms with Gasteiger partial charge in [0.25, 0.3) is 5.91 Å². The van der Waals surface area contributed by atoms with Crippen LogP contribution in [-0.4, -0.2) is 17.1 Å². The molecule has 1 atom stereocenters. The van der Waals surface area contributed by atoms with Crippen molar-refractivity contribution in [3.63, 3.8) is 0 Å². The molecule has 1 heterocycles. The summed E-state index contributed by atoms with van der Waals surface area (Å²) >= 11 is 0. The van der Waals surface area contributed by atoms with Gasteiger partial charge in [-0.3, -0.25) is 4.79 Å². The molecule has 0 aliphatic heterocycles. The van der Waals surface area contributed by atoms with Gasteiger partial charge in [0.15, 0.2) is 0 Å². The van der Waals surface area contributed by atoms with Crippen molar-refractivity contribution in [3.8, 4) is 0 Å². The Morgan fingerprint density at radius 2 is 2.06 bits per heavy atom.